The maximum atomic E-state index is 13.8. The molecule has 1 nitrogen and oxygen atoms in total. The minimum atomic E-state index is -0.355. The predicted molar refractivity (Wildman–Crippen MR) is 96.2 cm³/mol. The lowest BCUT2D eigenvalue weighted by molar-refractivity contribution is 0.156. The highest BCUT2D eigenvalue weighted by molar-refractivity contribution is 5.34. The van der Waals surface area contributed by atoms with Crippen molar-refractivity contribution >= 4 is 0 Å². The van der Waals surface area contributed by atoms with E-state index in [0.717, 1.165) is 23.3 Å². The van der Waals surface area contributed by atoms with Gasteiger partial charge in [-0.25, -0.2) is 4.39 Å². The van der Waals surface area contributed by atoms with Crippen molar-refractivity contribution in [2.24, 2.45) is 17.8 Å². The number of nitrogens with zero attached hydrogens (tertiary/aromatic N) is 1. The standard InChI is InChI=1S/C22H30FN/c1-2-3-16-4-6-17(7-5-16)18-8-10-19(11-9-18)20-12-13-21(15-24)22(23)14-20/h12-14,16-19H,2-11H2,1H3/t16-,17-,18-,19-. The van der Waals surface area contributed by atoms with Crippen molar-refractivity contribution in [1.82, 2.24) is 0 Å². The van der Waals surface area contributed by atoms with Gasteiger partial charge in [-0.1, -0.05) is 38.7 Å². The van der Waals surface area contributed by atoms with Crippen LogP contribution >= 0.6 is 0 Å². The van der Waals surface area contributed by atoms with Crippen molar-refractivity contribution in [1.29, 1.82) is 5.26 Å². The molecule has 0 radical (unpaired) electrons. The molecule has 0 N–H and O–H groups in total. The van der Waals surface area contributed by atoms with Gasteiger partial charge in [-0.15, -0.1) is 0 Å². The first kappa shape index (κ1) is 17.5. The van der Waals surface area contributed by atoms with Crippen molar-refractivity contribution in [3.63, 3.8) is 0 Å². The number of nitriles is 1. The number of hydrogen-bond donors (Lipinski definition) is 0. The van der Waals surface area contributed by atoms with Gasteiger partial charge in [-0.2, -0.15) is 5.26 Å². The lowest BCUT2D eigenvalue weighted by Crippen LogP contribution is -2.25. The van der Waals surface area contributed by atoms with Crippen molar-refractivity contribution < 1.29 is 4.39 Å². The first-order chi connectivity index (χ1) is 11.7. The van der Waals surface area contributed by atoms with Gasteiger partial charge in [-0.3, -0.25) is 0 Å². The molecule has 1 aromatic rings. The van der Waals surface area contributed by atoms with Crippen LogP contribution in [0.4, 0.5) is 4.39 Å². The van der Waals surface area contributed by atoms with E-state index < -0.39 is 0 Å². The Morgan fingerprint density at radius 2 is 1.62 bits per heavy atom. The summed E-state index contributed by atoms with van der Waals surface area (Å²) in [5.41, 5.74) is 1.26. The number of rotatable bonds is 4. The van der Waals surface area contributed by atoms with Crippen LogP contribution in [0.15, 0.2) is 18.2 Å². The third-order valence-corrected chi connectivity index (χ3v) is 6.61. The van der Waals surface area contributed by atoms with Crippen LogP contribution in [0.1, 0.15) is 88.2 Å². The van der Waals surface area contributed by atoms with E-state index in [-0.39, 0.29) is 11.4 Å². The zero-order valence-corrected chi connectivity index (χ0v) is 14.9. The maximum Gasteiger partial charge on any atom is 0.141 e. The Morgan fingerprint density at radius 3 is 2.17 bits per heavy atom. The highest BCUT2D eigenvalue weighted by Crippen LogP contribution is 2.44. The Hall–Kier alpha value is -1.36. The molecule has 1 aromatic carbocycles. The van der Waals surface area contributed by atoms with E-state index in [1.807, 2.05) is 12.1 Å². The van der Waals surface area contributed by atoms with Crippen LogP contribution in [-0.2, 0) is 0 Å². The van der Waals surface area contributed by atoms with Crippen molar-refractivity contribution in [2.45, 2.75) is 77.0 Å². The van der Waals surface area contributed by atoms with E-state index in [2.05, 4.69) is 6.92 Å². The molecule has 0 unspecified atom stereocenters. The topological polar surface area (TPSA) is 23.8 Å². The zero-order valence-electron chi connectivity index (χ0n) is 14.9. The molecule has 130 valence electrons. The second-order valence-corrected chi connectivity index (χ2v) is 8.03. The fraction of sp³-hybridized carbons (Fsp3) is 0.682. The van der Waals surface area contributed by atoms with Crippen molar-refractivity contribution in [3.05, 3.63) is 35.1 Å². The summed E-state index contributed by atoms with van der Waals surface area (Å²) in [4.78, 5) is 0. The van der Waals surface area contributed by atoms with E-state index in [4.69, 9.17) is 5.26 Å². The first-order valence-corrected chi connectivity index (χ1v) is 9.90. The summed E-state index contributed by atoms with van der Waals surface area (Å²) < 4.78 is 13.8. The fourth-order valence-corrected chi connectivity index (χ4v) is 5.16. The van der Waals surface area contributed by atoms with Gasteiger partial charge in [0.15, 0.2) is 0 Å². The lowest BCUT2D eigenvalue weighted by Gasteiger charge is -2.38. The Balaban J connectivity index is 1.51. The third kappa shape index (κ3) is 4.00. The molecule has 0 spiro atoms. The van der Waals surface area contributed by atoms with Crippen molar-refractivity contribution in [3.8, 4) is 6.07 Å². The molecular formula is C22H30FN. The average Bonchev–Trinajstić information content (AvgIpc) is 2.63. The summed E-state index contributed by atoms with van der Waals surface area (Å²) >= 11 is 0. The Kier molecular flexibility index (Phi) is 5.93. The predicted octanol–water partition coefficient (Wildman–Crippen LogP) is 6.58. The molecule has 0 amide bonds. The van der Waals surface area contributed by atoms with Crippen LogP contribution < -0.4 is 0 Å². The van der Waals surface area contributed by atoms with Crippen LogP contribution in [0, 0.1) is 34.9 Å². The molecule has 0 heterocycles. The van der Waals surface area contributed by atoms with E-state index in [0.29, 0.717) is 5.92 Å². The summed E-state index contributed by atoms with van der Waals surface area (Å²) in [5.74, 6) is 2.96. The van der Waals surface area contributed by atoms with E-state index in [9.17, 15) is 4.39 Å². The maximum absolute atomic E-state index is 13.8. The number of benzene rings is 1. The number of hydrogen-bond acceptors (Lipinski definition) is 1. The molecule has 0 bridgehead atoms. The summed E-state index contributed by atoms with van der Waals surface area (Å²) in [6, 6.07) is 7.12. The van der Waals surface area contributed by atoms with Crippen LogP contribution in [0.5, 0.6) is 0 Å². The minimum absolute atomic E-state index is 0.163. The smallest absolute Gasteiger partial charge is 0.141 e. The minimum Gasteiger partial charge on any atom is -0.206 e. The first-order valence-electron chi connectivity index (χ1n) is 9.90. The zero-order chi connectivity index (χ0) is 16.9. The molecule has 2 fully saturated rings. The normalized spacial score (nSPS) is 30.7. The molecule has 0 aliphatic heterocycles. The third-order valence-electron chi connectivity index (χ3n) is 6.61. The quantitative estimate of drug-likeness (QED) is 0.613. The Bertz CT molecular complexity index is 572. The highest BCUT2D eigenvalue weighted by atomic mass is 19.1. The van der Waals surface area contributed by atoms with Gasteiger partial charge < -0.3 is 0 Å². The van der Waals surface area contributed by atoms with Crippen LogP contribution in [0.2, 0.25) is 0 Å². The van der Waals surface area contributed by atoms with Gasteiger partial charge in [0, 0.05) is 0 Å². The van der Waals surface area contributed by atoms with Crippen LogP contribution in [0.3, 0.4) is 0 Å². The van der Waals surface area contributed by atoms with Crippen LogP contribution in [0.25, 0.3) is 0 Å². The molecule has 0 aromatic heterocycles. The highest BCUT2D eigenvalue weighted by Gasteiger charge is 2.31. The molecular weight excluding hydrogens is 297 g/mol. The van der Waals surface area contributed by atoms with Gasteiger partial charge in [0.2, 0.25) is 0 Å². The fourth-order valence-electron chi connectivity index (χ4n) is 5.16. The van der Waals surface area contributed by atoms with Crippen LogP contribution in [-0.4, -0.2) is 0 Å². The monoisotopic (exact) mass is 327 g/mol. The molecule has 3 rings (SSSR count). The lowest BCUT2D eigenvalue weighted by atomic mass is 9.68. The van der Waals surface area contributed by atoms with Gasteiger partial charge in [0.05, 0.1) is 5.56 Å². The largest absolute Gasteiger partial charge is 0.206 e. The summed E-state index contributed by atoms with van der Waals surface area (Å²) in [6.07, 6.45) is 13.5. The molecule has 2 aliphatic carbocycles. The summed E-state index contributed by atoms with van der Waals surface area (Å²) in [6.45, 7) is 2.30. The number of halogens is 1. The Morgan fingerprint density at radius 1 is 1.00 bits per heavy atom. The van der Waals surface area contributed by atoms with Gasteiger partial charge in [0.25, 0.3) is 0 Å². The molecule has 24 heavy (non-hydrogen) atoms. The SMILES string of the molecule is CCC[C@H]1CC[C@H]([C@H]2CC[C@H](c3ccc(C#N)c(F)c3)CC2)CC1. The Labute approximate surface area is 146 Å². The molecule has 2 heteroatoms. The van der Waals surface area contributed by atoms with E-state index >= 15 is 0 Å². The summed E-state index contributed by atoms with van der Waals surface area (Å²) in [5, 5.41) is 8.86. The second-order valence-electron chi connectivity index (χ2n) is 8.03. The van der Waals surface area contributed by atoms with E-state index in [1.54, 1.807) is 12.1 Å². The van der Waals surface area contributed by atoms with Crippen molar-refractivity contribution in [2.75, 3.05) is 0 Å². The molecule has 2 aliphatic rings. The average molecular weight is 327 g/mol. The van der Waals surface area contributed by atoms with Gasteiger partial charge in [-0.05, 0) is 79.9 Å². The summed E-state index contributed by atoms with van der Waals surface area (Å²) in [7, 11) is 0. The van der Waals surface area contributed by atoms with Gasteiger partial charge >= 0.3 is 0 Å². The molecule has 0 atom stereocenters. The second kappa shape index (κ2) is 8.15. The van der Waals surface area contributed by atoms with Gasteiger partial charge in [0.1, 0.15) is 11.9 Å². The molecule has 2 saturated carbocycles. The molecule has 0 saturated heterocycles. The van der Waals surface area contributed by atoms with E-state index in [1.165, 1.54) is 64.2 Å².